The van der Waals surface area contributed by atoms with Gasteiger partial charge >= 0.3 is 0 Å². The van der Waals surface area contributed by atoms with Crippen LogP contribution in [0.2, 0.25) is 0 Å². The summed E-state index contributed by atoms with van der Waals surface area (Å²) in [6.45, 7) is 1.82. The van der Waals surface area contributed by atoms with Crippen LogP contribution in [0.1, 0.15) is 26.4 Å². The van der Waals surface area contributed by atoms with Gasteiger partial charge in [-0.25, -0.2) is 4.90 Å². The van der Waals surface area contributed by atoms with E-state index in [9.17, 15) is 9.59 Å². The number of anilines is 2. The minimum Gasteiger partial charge on any atom is -0.398 e. The van der Waals surface area contributed by atoms with Crippen LogP contribution in [0.3, 0.4) is 0 Å². The molecule has 0 spiro atoms. The predicted octanol–water partition coefficient (Wildman–Crippen LogP) is 2.26. The maximum atomic E-state index is 12.9. The van der Waals surface area contributed by atoms with Gasteiger partial charge in [0, 0.05) is 34.6 Å². The van der Waals surface area contributed by atoms with Crippen molar-refractivity contribution in [1.82, 2.24) is 9.78 Å². The molecule has 4 rings (SSSR count). The molecule has 0 bridgehead atoms. The Morgan fingerprint density at radius 3 is 2.39 bits per heavy atom. The van der Waals surface area contributed by atoms with Gasteiger partial charge in [0.05, 0.1) is 17.6 Å². The van der Waals surface area contributed by atoms with Crippen molar-refractivity contribution >= 4 is 34.0 Å². The molecule has 0 radical (unpaired) electrons. The Labute approximate surface area is 132 Å². The summed E-state index contributed by atoms with van der Waals surface area (Å²) in [5.74, 6) is -0.704. The molecule has 0 saturated heterocycles. The fourth-order valence-electron chi connectivity index (χ4n) is 3.04. The molecule has 0 atom stereocenters. The number of carbonyl (C=O) groups excluding carboxylic acids is 2. The molecular weight excluding hydrogens is 292 g/mol. The average Bonchev–Trinajstić information content (AvgIpc) is 2.87. The second-order valence-electron chi connectivity index (χ2n) is 5.62. The summed E-state index contributed by atoms with van der Waals surface area (Å²) in [4.78, 5) is 27.0. The molecule has 2 aromatic carbocycles. The number of carbonyl (C=O) groups is 2. The molecule has 2 N–H and O–H groups in total. The molecule has 2 amide bonds. The van der Waals surface area contributed by atoms with Gasteiger partial charge in [0.15, 0.2) is 0 Å². The van der Waals surface area contributed by atoms with Crippen molar-refractivity contribution in [2.45, 2.75) is 6.92 Å². The van der Waals surface area contributed by atoms with E-state index in [1.54, 1.807) is 36.0 Å². The highest BCUT2D eigenvalue weighted by molar-refractivity contribution is 6.36. The van der Waals surface area contributed by atoms with E-state index in [1.807, 2.05) is 13.0 Å². The first-order valence-electron chi connectivity index (χ1n) is 7.19. The van der Waals surface area contributed by atoms with Crippen LogP contribution in [-0.2, 0) is 7.05 Å². The second kappa shape index (κ2) is 4.42. The Morgan fingerprint density at radius 2 is 1.74 bits per heavy atom. The fourth-order valence-corrected chi connectivity index (χ4v) is 3.04. The summed E-state index contributed by atoms with van der Waals surface area (Å²) in [6.07, 6.45) is 1.54. The molecular formula is C17H14N4O2. The number of aryl methyl sites for hydroxylation is 1. The zero-order valence-corrected chi connectivity index (χ0v) is 12.7. The summed E-state index contributed by atoms with van der Waals surface area (Å²) < 4.78 is 1.63. The van der Waals surface area contributed by atoms with Crippen LogP contribution in [0.5, 0.6) is 0 Å². The van der Waals surface area contributed by atoms with E-state index >= 15 is 0 Å². The van der Waals surface area contributed by atoms with E-state index in [1.165, 1.54) is 11.1 Å². The highest BCUT2D eigenvalue weighted by Crippen LogP contribution is 2.35. The third-order valence-electron chi connectivity index (χ3n) is 4.39. The van der Waals surface area contributed by atoms with Crippen molar-refractivity contribution in [3.05, 3.63) is 53.3 Å². The molecule has 3 aromatic rings. The van der Waals surface area contributed by atoms with Crippen molar-refractivity contribution in [2.24, 2.45) is 7.05 Å². The summed E-state index contributed by atoms with van der Waals surface area (Å²) in [5.41, 5.74) is 8.75. The van der Waals surface area contributed by atoms with Gasteiger partial charge in [0.1, 0.15) is 0 Å². The van der Waals surface area contributed by atoms with Gasteiger partial charge in [-0.2, -0.15) is 5.10 Å². The highest BCUT2D eigenvalue weighted by Gasteiger charge is 2.35. The van der Waals surface area contributed by atoms with Gasteiger partial charge in [0.2, 0.25) is 0 Å². The van der Waals surface area contributed by atoms with Crippen molar-refractivity contribution in [3.63, 3.8) is 0 Å². The molecule has 0 saturated carbocycles. The van der Waals surface area contributed by atoms with Gasteiger partial charge < -0.3 is 5.73 Å². The average molecular weight is 306 g/mol. The van der Waals surface area contributed by atoms with Crippen LogP contribution in [0.15, 0.2) is 36.5 Å². The number of rotatable bonds is 1. The summed E-state index contributed by atoms with van der Waals surface area (Å²) in [6, 6.07) is 8.69. The largest absolute Gasteiger partial charge is 0.398 e. The Bertz CT molecular complexity index is 981. The van der Waals surface area contributed by atoms with Gasteiger partial charge in [0.25, 0.3) is 11.8 Å². The van der Waals surface area contributed by atoms with E-state index in [-0.39, 0.29) is 11.8 Å². The highest BCUT2D eigenvalue weighted by atomic mass is 16.2. The maximum Gasteiger partial charge on any atom is 0.266 e. The number of amides is 2. The van der Waals surface area contributed by atoms with Gasteiger partial charge in [-0.3, -0.25) is 14.3 Å². The molecule has 6 heteroatoms. The third kappa shape index (κ3) is 1.66. The number of imide groups is 1. The Balaban J connectivity index is 2.03. The number of nitrogen functional groups attached to an aromatic ring is 1. The predicted molar refractivity (Wildman–Crippen MR) is 87.4 cm³/mol. The minimum absolute atomic E-state index is 0.352. The molecule has 0 fully saturated rings. The van der Waals surface area contributed by atoms with E-state index < -0.39 is 0 Å². The number of nitrogens with zero attached hydrogens (tertiary/aromatic N) is 3. The van der Waals surface area contributed by atoms with Crippen LogP contribution in [0, 0.1) is 6.92 Å². The van der Waals surface area contributed by atoms with Crippen LogP contribution in [0.25, 0.3) is 10.8 Å². The first kappa shape index (κ1) is 13.5. The maximum absolute atomic E-state index is 12.9. The number of hydrogen-bond acceptors (Lipinski definition) is 4. The lowest BCUT2D eigenvalue weighted by molar-refractivity contribution is 0.0893. The standard InChI is InChI=1S/C17H14N4O2/c1-9-14(8-19-20(9)2)21-16(22)11-5-3-4-10-13(18)7-6-12(15(10)11)17(21)23/h3-8H,18H2,1-2H3. The fraction of sp³-hybridized carbons (Fsp3) is 0.118. The minimum atomic E-state index is -0.352. The number of hydrogen-bond donors (Lipinski definition) is 1. The molecule has 0 aliphatic carbocycles. The van der Waals surface area contributed by atoms with Crippen LogP contribution >= 0.6 is 0 Å². The normalized spacial score (nSPS) is 13.9. The monoisotopic (exact) mass is 306 g/mol. The van der Waals surface area contributed by atoms with E-state index in [0.29, 0.717) is 27.9 Å². The Morgan fingerprint density at radius 1 is 1.04 bits per heavy atom. The first-order valence-corrected chi connectivity index (χ1v) is 7.19. The van der Waals surface area contributed by atoms with E-state index in [4.69, 9.17) is 5.73 Å². The van der Waals surface area contributed by atoms with Crippen molar-refractivity contribution in [3.8, 4) is 0 Å². The molecule has 114 valence electrons. The van der Waals surface area contributed by atoms with Crippen molar-refractivity contribution in [1.29, 1.82) is 0 Å². The lowest BCUT2D eigenvalue weighted by atomic mass is 9.93. The van der Waals surface area contributed by atoms with Crippen LogP contribution < -0.4 is 10.6 Å². The van der Waals surface area contributed by atoms with Crippen LogP contribution in [0.4, 0.5) is 11.4 Å². The van der Waals surface area contributed by atoms with E-state index in [0.717, 1.165) is 11.1 Å². The van der Waals surface area contributed by atoms with Gasteiger partial charge in [-0.05, 0) is 25.1 Å². The number of benzene rings is 2. The molecule has 23 heavy (non-hydrogen) atoms. The number of aromatic nitrogens is 2. The SMILES string of the molecule is Cc1c(N2C(=O)c3cccc4c(N)ccc(c34)C2=O)cnn1C. The topological polar surface area (TPSA) is 81.2 Å². The molecule has 1 aromatic heterocycles. The molecule has 6 nitrogen and oxygen atoms in total. The summed E-state index contributed by atoms with van der Waals surface area (Å²) >= 11 is 0. The summed E-state index contributed by atoms with van der Waals surface area (Å²) in [7, 11) is 1.77. The first-order chi connectivity index (χ1) is 11.0. The van der Waals surface area contributed by atoms with Crippen molar-refractivity contribution in [2.75, 3.05) is 10.6 Å². The van der Waals surface area contributed by atoms with Crippen molar-refractivity contribution < 1.29 is 9.59 Å². The Hall–Kier alpha value is -3.15. The zero-order chi connectivity index (χ0) is 16.3. The smallest absolute Gasteiger partial charge is 0.266 e. The molecule has 0 unspecified atom stereocenters. The zero-order valence-electron chi connectivity index (χ0n) is 12.7. The lowest BCUT2D eigenvalue weighted by Gasteiger charge is -2.27. The molecule has 1 aliphatic rings. The third-order valence-corrected chi connectivity index (χ3v) is 4.39. The second-order valence-corrected chi connectivity index (χ2v) is 5.62. The van der Waals surface area contributed by atoms with Gasteiger partial charge in [-0.1, -0.05) is 12.1 Å². The van der Waals surface area contributed by atoms with Crippen LogP contribution in [-0.4, -0.2) is 21.6 Å². The quantitative estimate of drug-likeness (QED) is 0.552. The number of nitrogens with two attached hydrogens (primary N) is 1. The Kier molecular flexibility index (Phi) is 2.60. The molecule has 1 aliphatic heterocycles. The van der Waals surface area contributed by atoms with Gasteiger partial charge in [-0.15, -0.1) is 0 Å². The molecule has 2 heterocycles. The summed E-state index contributed by atoms with van der Waals surface area (Å²) in [5, 5.41) is 5.48. The lowest BCUT2D eigenvalue weighted by Crippen LogP contribution is -2.40. The van der Waals surface area contributed by atoms with E-state index in [2.05, 4.69) is 5.10 Å².